The van der Waals surface area contributed by atoms with Crippen molar-refractivity contribution in [3.63, 3.8) is 0 Å². The number of rotatable bonds is 3. The van der Waals surface area contributed by atoms with Crippen LogP contribution in [0.25, 0.3) is 0 Å². The summed E-state index contributed by atoms with van der Waals surface area (Å²) in [6.45, 7) is 4.99. The van der Waals surface area contributed by atoms with Gasteiger partial charge in [0.25, 0.3) is 0 Å². The zero-order chi connectivity index (χ0) is 13.1. The minimum atomic E-state index is 0.577. The summed E-state index contributed by atoms with van der Waals surface area (Å²) < 4.78 is 0. The summed E-state index contributed by atoms with van der Waals surface area (Å²) in [4.78, 5) is 2.63. The molecule has 2 aromatic rings. The minimum absolute atomic E-state index is 0.577. The lowest BCUT2D eigenvalue weighted by Gasteiger charge is -2.07. The minimum Gasteiger partial charge on any atom is -0.379 e. The molecule has 2 nitrogen and oxygen atoms in total. The average molecular weight is 277 g/mol. The number of nitrogens with one attached hydrogen (secondary N) is 1. The quantitative estimate of drug-likeness (QED) is 0.896. The van der Waals surface area contributed by atoms with Crippen molar-refractivity contribution < 1.29 is 0 Å². The van der Waals surface area contributed by atoms with Crippen LogP contribution >= 0.6 is 22.9 Å². The van der Waals surface area contributed by atoms with Crippen molar-refractivity contribution in [3.8, 4) is 6.07 Å². The molecule has 0 aliphatic rings. The van der Waals surface area contributed by atoms with Gasteiger partial charge < -0.3 is 5.32 Å². The van der Waals surface area contributed by atoms with Crippen molar-refractivity contribution in [3.05, 3.63) is 50.2 Å². The molecular weight excluding hydrogens is 264 g/mol. The number of benzene rings is 1. The summed E-state index contributed by atoms with van der Waals surface area (Å²) in [5.74, 6) is 0. The summed E-state index contributed by atoms with van der Waals surface area (Å²) in [7, 11) is 0. The molecule has 0 aliphatic carbocycles. The van der Waals surface area contributed by atoms with Gasteiger partial charge in [-0.1, -0.05) is 11.6 Å². The zero-order valence-corrected chi connectivity index (χ0v) is 11.8. The van der Waals surface area contributed by atoms with Gasteiger partial charge in [0, 0.05) is 16.3 Å². The smallest absolute Gasteiger partial charge is 0.0992 e. The van der Waals surface area contributed by atoms with Crippen LogP contribution in [0.15, 0.2) is 24.3 Å². The first-order valence-corrected chi connectivity index (χ1v) is 6.79. The van der Waals surface area contributed by atoms with E-state index in [1.54, 1.807) is 23.5 Å². The van der Waals surface area contributed by atoms with Crippen LogP contribution in [0.1, 0.15) is 20.9 Å². The maximum absolute atomic E-state index is 8.77. The van der Waals surface area contributed by atoms with Crippen LogP contribution in [0.2, 0.25) is 5.02 Å². The maximum Gasteiger partial charge on any atom is 0.0992 e. The summed E-state index contributed by atoms with van der Waals surface area (Å²) in [5, 5.41) is 12.6. The van der Waals surface area contributed by atoms with Gasteiger partial charge in [-0.05, 0) is 43.7 Å². The lowest BCUT2D eigenvalue weighted by Crippen LogP contribution is -1.98. The highest BCUT2D eigenvalue weighted by atomic mass is 35.5. The lowest BCUT2D eigenvalue weighted by molar-refractivity contribution is 1.19. The van der Waals surface area contributed by atoms with Gasteiger partial charge in [-0.3, -0.25) is 0 Å². The van der Waals surface area contributed by atoms with E-state index in [0.29, 0.717) is 10.6 Å². The van der Waals surface area contributed by atoms with Gasteiger partial charge in [0.2, 0.25) is 0 Å². The van der Waals surface area contributed by atoms with Crippen LogP contribution in [0, 0.1) is 25.2 Å². The molecule has 0 amide bonds. The van der Waals surface area contributed by atoms with Gasteiger partial charge in [-0.2, -0.15) is 5.26 Å². The van der Waals surface area contributed by atoms with Crippen LogP contribution in [-0.2, 0) is 6.54 Å². The summed E-state index contributed by atoms with van der Waals surface area (Å²) in [6, 6.07) is 9.53. The van der Waals surface area contributed by atoms with Crippen molar-refractivity contribution >= 4 is 28.6 Å². The molecular formula is C14H13ClN2S. The molecule has 1 aromatic carbocycles. The van der Waals surface area contributed by atoms with E-state index < -0.39 is 0 Å². The molecule has 1 aromatic heterocycles. The van der Waals surface area contributed by atoms with Crippen LogP contribution in [-0.4, -0.2) is 0 Å². The number of nitriles is 1. The van der Waals surface area contributed by atoms with E-state index in [-0.39, 0.29) is 0 Å². The Morgan fingerprint density at radius 3 is 2.67 bits per heavy atom. The maximum atomic E-state index is 8.77. The molecule has 0 radical (unpaired) electrons. The molecule has 0 unspecified atom stereocenters. The van der Waals surface area contributed by atoms with Gasteiger partial charge in [0.05, 0.1) is 22.3 Å². The van der Waals surface area contributed by atoms with Crippen molar-refractivity contribution in [2.75, 3.05) is 5.32 Å². The Balaban J connectivity index is 2.09. The molecule has 1 heterocycles. The normalized spacial score (nSPS) is 10.1. The van der Waals surface area contributed by atoms with Crippen molar-refractivity contribution in [2.45, 2.75) is 20.4 Å². The van der Waals surface area contributed by atoms with Gasteiger partial charge in [-0.15, -0.1) is 11.3 Å². The third-order valence-electron chi connectivity index (χ3n) is 2.77. The highest BCUT2D eigenvalue weighted by Crippen LogP contribution is 2.25. The number of halogens is 1. The van der Waals surface area contributed by atoms with Crippen molar-refractivity contribution in [1.29, 1.82) is 5.26 Å². The lowest BCUT2D eigenvalue weighted by atomic mass is 10.2. The molecule has 0 bridgehead atoms. The Kier molecular flexibility index (Phi) is 3.90. The number of hydrogen-bond acceptors (Lipinski definition) is 3. The van der Waals surface area contributed by atoms with Gasteiger partial charge in [0.1, 0.15) is 0 Å². The standard InChI is InChI=1S/C14H13ClN2S/c1-9-5-12(18-10(9)2)8-17-14-4-3-11(7-16)6-13(14)15/h3-6,17H,8H2,1-2H3. The van der Waals surface area contributed by atoms with Gasteiger partial charge in [-0.25, -0.2) is 0 Å². The van der Waals surface area contributed by atoms with E-state index >= 15 is 0 Å². The fourth-order valence-corrected chi connectivity index (χ4v) is 2.89. The van der Waals surface area contributed by atoms with E-state index in [1.165, 1.54) is 15.3 Å². The first-order valence-electron chi connectivity index (χ1n) is 5.59. The Morgan fingerprint density at radius 1 is 1.33 bits per heavy atom. The number of nitrogens with zero attached hydrogens (tertiary/aromatic N) is 1. The third-order valence-corrected chi connectivity index (χ3v) is 4.23. The fraction of sp³-hybridized carbons (Fsp3) is 0.214. The number of hydrogen-bond donors (Lipinski definition) is 1. The summed E-state index contributed by atoms with van der Waals surface area (Å²) in [5.41, 5.74) is 2.76. The predicted molar refractivity (Wildman–Crippen MR) is 77.3 cm³/mol. The van der Waals surface area contributed by atoms with Gasteiger partial charge >= 0.3 is 0 Å². The molecule has 0 atom stereocenters. The monoisotopic (exact) mass is 276 g/mol. The predicted octanol–water partition coefficient (Wildman–Crippen LogP) is 4.50. The van der Waals surface area contributed by atoms with Crippen LogP contribution in [0.5, 0.6) is 0 Å². The summed E-state index contributed by atoms with van der Waals surface area (Å²) in [6.07, 6.45) is 0. The molecule has 0 fully saturated rings. The molecule has 0 saturated heterocycles. The second-order valence-corrected chi connectivity index (χ2v) is 5.86. The fourth-order valence-electron chi connectivity index (χ4n) is 1.65. The number of aryl methyl sites for hydroxylation is 2. The molecule has 2 rings (SSSR count). The van der Waals surface area contributed by atoms with E-state index in [4.69, 9.17) is 16.9 Å². The number of anilines is 1. The van der Waals surface area contributed by atoms with E-state index in [1.807, 2.05) is 6.07 Å². The highest BCUT2D eigenvalue weighted by Gasteiger charge is 2.04. The van der Waals surface area contributed by atoms with Crippen LogP contribution in [0.4, 0.5) is 5.69 Å². The molecule has 18 heavy (non-hydrogen) atoms. The van der Waals surface area contributed by atoms with E-state index in [2.05, 4.69) is 31.3 Å². The van der Waals surface area contributed by atoms with E-state index in [0.717, 1.165) is 12.2 Å². The molecule has 1 N–H and O–H groups in total. The molecule has 0 aliphatic heterocycles. The topological polar surface area (TPSA) is 35.8 Å². The van der Waals surface area contributed by atoms with E-state index in [9.17, 15) is 0 Å². The zero-order valence-electron chi connectivity index (χ0n) is 10.2. The third kappa shape index (κ3) is 2.84. The van der Waals surface area contributed by atoms with Crippen molar-refractivity contribution in [1.82, 2.24) is 0 Å². The first-order chi connectivity index (χ1) is 8.60. The Morgan fingerprint density at radius 2 is 2.11 bits per heavy atom. The molecule has 0 spiro atoms. The molecule has 4 heteroatoms. The molecule has 0 saturated carbocycles. The van der Waals surface area contributed by atoms with Crippen LogP contribution < -0.4 is 5.32 Å². The molecule has 92 valence electrons. The second kappa shape index (κ2) is 5.43. The number of thiophene rings is 1. The van der Waals surface area contributed by atoms with Crippen molar-refractivity contribution in [2.24, 2.45) is 0 Å². The Labute approximate surface area is 116 Å². The Hall–Kier alpha value is -1.50. The highest BCUT2D eigenvalue weighted by molar-refractivity contribution is 7.12. The first kappa shape index (κ1) is 12.9. The SMILES string of the molecule is Cc1cc(CNc2ccc(C#N)cc2Cl)sc1C. The average Bonchev–Trinajstić information content (AvgIpc) is 2.67. The Bertz CT molecular complexity index is 591. The van der Waals surface area contributed by atoms with Crippen LogP contribution in [0.3, 0.4) is 0 Å². The largest absolute Gasteiger partial charge is 0.379 e. The second-order valence-electron chi connectivity index (χ2n) is 4.11. The van der Waals surface area contributed by atoms with Gasteiger partial charge in [0.15, 0.2) is 0 Å². The summed E-state index contributed by atoms with van der Waals surface area (Å²) >= 11 is 7.89.